The fraction of sp³-hybridized carbons (Fsp3) is 0.419. The number of aliphatic hydroxyl groups is 2. The summed E-state index contributed by atoms with van der Waals surface area (Å²) >= 11 is 0. The maximum atomic E-state index is 10.4. The summed E-state index contributed by atoms with van der Waals surface area (Å²) in [5.74, 6) is 0.728. The standard InChI is InChI=1S/C31H39N7O3/c1-31(2,40)22-38-20-27(30(35-38)24-5-4-11-32-18-24)28-10-12-33-29(34-28)17-23-6-8-25(9-7-23)37-15-13-36(14-16-37)19-26(39)21-41-3/h4-12,18,20,26,39-40H,13-17,19,21-22H2,1-3H3. The average molecular weight is 558 g/mol. The van der Waals surface area contributed by atoms with E-state index in [0.29, 0.717) is 26.1 Å². The second-order valence-corrected chi connectivity index (χ2v) is 11.2. The molecule has 1 unspecified atom stereocenters. The molecule has 4 heterocycles. The number of β-amino-alcohol motifs (C(OH)–C–C–N with tert-alkyl or cyclic N) is 1. The number of aliphatic hydroxyl groups excluding tert-OH is 1. The van der Waals surface area contributed by atoms with Crippen LogP contribution in [0, 0.1) is 0 Å². The van der Waals surface area contributed by atoms with Crippen LogP contribution < -0.4 is 4.90 Å². The van der Waals surface area contributed by atoms with Gasteiger partial charge in [0.05, 0.1) is 30.6 Å². The van der Waals surface area contributed by atoms with Gasteiger partial charge in [0.2, 0.25) is 0 Å². The van der Waals surface area contributed by atoms with Gasteiger partial charge in [-0.05, 0) is 49.7 Å². The summed E-state index contributed by atoms with van der Waals surface area (Å²) < 4.78 is 6.81. The molecule has 3 aromatic heterocycles. The van der Waals surface area contributed by atoms with Crippen molar-refractivity contribution in [2.45, 2.75) is 38.5 Å². The van der Waals surface area contributed by atoms with E-state index < -0.39 is 11.7 Å². The molecule has 1 aliphatic rings. The van der Waals surface area contributed by atoms with E-state index in [1.54, 1.807) is 44.2 Å². The number of anilines is 1. The maximum Gasteiger partial charge on any atom is 0.133 e. The molecular weight excluding hydrogens is 518 g/mol. The van der Waals surface area contributed by atoms with E-state index in [0.717, 1.165) is 60.1 Å². The highest BCUT2D eigenvalue weighted by Gasteiger charge is 2.21. The molecule has 0 saturated carbocycles. The van der Waals surface area contributed by atoms with Gasteiger partial charge in [-0.3, -0.25) is 14.6 Å². The molecule has 1 aromatic carbocycles. The fourth-order valence-corrected chi connectivity index (χ4v) is 5.18. The van der Waals surface area contributed by atoms with Crippen molar-refractivity contribution in [2.24, 2.45) is 0 Å². The van der Waals surface area contributed by atoms with Crippen LogP contribution in [0.4, 0.5) is 5.69 Å². The third kappa shape index (κ3) is 7.74. The number of ether oxygens (including phenoxy) is 1. The lowest BCUT2D eigenvalue weighted by molar-refractivity contribution is 0.0365. The SMILES string of the molecule is COCC(O)CN1CCN(c2ccc(Cc3nccc(-c4cn(CC(C)(C)O)nc4-c4cccnc4)n3)cc2)CC1. The maximum absolute atomic E-state index is 10.4. The molecule has 1 saturated heterocycles. The van der Waals surface area contributed by atoms with Crippen LogP contribution in [0.5, 0.6) is 0 Å². The number of rotatable bonds is 11. The first-order valence-corrected chi connectivity index (χ1v) is 14.0. The highest BCUT2D eigenvalue weighted by molar-refractivity contribution is 5.78. The Balaban J connectivity index is 1.28. The first-order valence-electron chi connectivity index (χ1n) is 14.0. The zero-order valence-electron chi connectivity index (χ0n) is 24.0. The predicted octanol–water partition coefficient (Wildman–Crippen LogP) is 2.89. The molecule has 0 bridgehead atoms. The molecule has 2 N–H and O–H groups in total. The Morgan fingerprint density at radius 1 is 1.02 bits per heavy atom. The Morgan fingerprint density at radius 2 is 1.80 bits per heavy atom. The normalized spacial score (nSPS) is 15.3. The van der Waals surface area contributed by atoms with Gasteiger partial charge >= 0.3 is 0 Å². The van der Waals surface area contributed by atoms with Gasteiger partial charge in [-0.2, -0.15) is 5.10 Å². The van der Waals surface area contributed by atoms with Gasteiger partial charge in [0.25, 0.3) is 0 Å². The summed E-state index contributed by atoms with van der Waals surface area (Å²) in [6.45, 7) is 8.57. The molecule has 0 radical (unpaired) electrons. The molecule has 1 fully saturated rings. The summed E-state index contributed by atoms with van der Waals surface area (Å²) in [6.07, 6.45) is 7.40. The van der Waals surface area contributed by atoms with Crippen molar-refractivity contribution in [3.63, 3.8) is 0 Å². The molecule has 0 amide bonds. The van der Waals surface area contributed by atoms with Crippen LogP contribution in [0.1, 0.15) is 25.2 Å². The van der Waals surface area contributed by atoms with Gasteiger partial charge in [-0.25, -0.2) is 9.97 Å². The summed E-state index contributed by atoms with van der Waals surface area (Å²) in [4.78, 5) is 18.4. The summed E-state index contributed by atoms with van der Waals surface area (Å²) in [7, 11) is 1.61. The zero-order chi connectivity index (χ0) is 28.8. The third-order valence-corrected chi connectivity index (χ3v) is 7.09. The van der Waals surface area contributed by atoms with Gasteiger partial charge in [0, 0.05) is 87.9 Å². The Bertz CT molecular complexity index is 1400. The van der Waals surface area contributed by atoms with Crippen LogP contribution in [-0.4, -0.2) is 98.0 Å². The molecule has 1 atom stereocenters. The van der Waals surface area contributed by atoms with Gasteiger partial charge in [-0.1, -0.05) is 12.1 Å². The Labute approximate surface area is 241 Å². The number of piperazine rings is 1. The summed E-state index contributed by atoms with van der Waals surface area (Å²) in [5, 5.41) is 25.2. The van der Waals surface area contributed by atoms with E-state index in [1.165, 1.54) is 5.69 Å². The van der Waals surface area contributed by atoms with Crippen molar-refractivity contribution in [1.29, 1.82) is 0 Å². The molecule has 216 valence electrons. The summed E-state index contributed by atoms with van der Waals surface area (Å²) in [5.41, 5.74) is 4.73. The number of hydrogen-bond donors (Lipinski definition) is 2. The van der Waals surface area contributed by atoms with Crippen molar-refractivity contribution < 1.29 is 14.9 Å². The van der Waals surface area contributed by atoms with E-state index in [9.17, 15) is 10.2 Å². The molecule has 0 spiro atoms. The Hall–Kier alpha value is -3.70. The van der Waals surface area contributed by atoms with Crippen molar-refractivity contribution in [3.05, 3.63) is 78.6 Å². The lowest BCUT2D eigenvalue weighted by atomic mass is 10.1. The first-order chi connectivity index (χ1) is 19.8. The molecule has 10 heteroatoms. The lowest BCUT2D eigenvalue weighted by Crippen LogP contribution is -2.49. The molecule has 41 heavy (non-hydrogen) atoms. The van der Waals surface area contributed by atoms with E-state index in [2.05, 4.69) is 44.0 Å². The van der Waals surface area contributed by atoms with E-state index in [4.69, 9.17) is 14.8 Å². The minimum Gasteiger partial charge on any atom is -0.389 e. The van der Waals surface area contributed by atoms with Gasteiger partial charge in [-0.15, -0.1) is 0 Å². The minimum absolute atomic E-state index is 0.357. The van der Waals surface area contributed by atoms with E-state index >= 15 is 0 Å². The van der Waals surface area contributed by atoms with E-state index in [-0.39, 0.29) is 0 Å². The third-order valence-electron chi connectivity index (χ3n) is 7.09. The monoisotopic (exact) mass is 557 g/mol. The predicted molar refractivity (Wildman–Crippen MR) is 159 cm³/mol. The largest absolute Gasteiger partial charge is 0.389 e. The van der Waals surface area contributed by atoms with Crippen LogP contribution in [0.2, 0.25) is 0 Å². The summed E-state index contributed by atoms with van der Waals surface area (Å²) in [6, 6.07) is 14.4. The Morgan fingerprint density at radius 3 is 2.49 bits per heavy atom. The Kier molecular flexibility index (Phi) is 9.04. The number of methoxy groups -OCH3 is 1. The van der Waals surface area contributed by atoms with Gasteiger partial charge in [0.1, 0.15) is 11.5 Å². The lowest BCUT2D eigenvalue weighted by Gasteiger charge is -2.36. The highest BCUT2D eigenvalue weighted by atomic mass is 16.5. The van der Waals surface area contributed by atoms with Crippen molar-refractivity contribution >= 4 is 5.69 Å². The first kappa shape index (κ1) is 28.8. The number of aromatic nitrogens is 5. The van der Waals surface area contributed by atoms with Crippen molar-refractivity contribution in [1.82, 2.24) is 29.6 Å². The number of pyridine rings is 1. The van der Waals surface area contributed by atoms with Crippen LogP contribution in [0.25, 0.3) is 22.5 Å². The van der Waals surface area contributed by atoms with Gasteiger partial charge < -0.3 is 19.8 Å². The molecule has 10 nitrogen and oxygen atoms in total. The van der Waals surface area contributed by atoms with Crippen LogP contribution in [-0.2, 0) is 17.7 Å². The minimum atomic E-state index is -0.904. The quantitative estimate of drug-likeness (QED) is 0.287. The number of nitrogens with zero attached hydrogens (tertiary/aromatic N) is 7. The van der Waals surface area contributed by atoms with E-state index in [1.807, 2.05) is 24.4 Å². The van der Waals surface area contributed by atoms with Gasteiger partial charge in [0.15, 0.2) is 0 Å². The average Bonchev–Trinajstić information content (AvgIpc) is 3.37. The second kappa shape index (κ2) is 12.9. The molecule has 0 aliphatic carbocycles. The smallest absolute Gasteiger partial charge is 0.133 e. The van der Waals surface area contributed by atoms with Crippen molar-refractivity contribution in [3.8, 4) is 22.5 Å². The van der Waals surface area contributed by atoms with Crippen LogP contribution >= 0.6 is 0 Å². The molecule has 4 aromatic rings. The molecule has 5 rings (SSSR count). The topological polar surface area (TPSA) is 113 Å². The van der Waals surface area contributed by atoms with Crippen molar-refractivity contribution in [2.75, 3.05) is 51.3 Å². The molecular formula is C31H39N7O3. The fourth-order valence-electron chi connectivity index (χ4n) is 5.18. The number of hydrogen-bond acceptors (Lipinski definition) is 9. The van der Waals surface area contributed by atoms with Crippen LogP contribution in [0.3, 0.4) is 0 Å². The number of benzene rings is 1. The molecule has 1 aliphatic heterocycles. The second-order valence-electron chi connectivity index (χ2n) is 11.2. The van der Waals surface area contributed by atoms with Crippen LogP contribution in [0.15, 0.2) is 67.3 Å². The zero-order valence-corrected chi connectivity index (χ0v) is 24.0. The highest BCUT2D eigenvalue weighted by Crippen LogP contribution is 2.30.